The average molecular weight is 245 g/mol. The van der Waals surface area contributed by atoms with Crippen LogP contribution in [-0.2, 0) is 11.5 Å². The van der Waals surface area contributed by atoms with Crippen LogP contribution < -0.4 is 9.64 Å². The SMILES string of the molecule is COc1ccc(CF)c(N2CC(F)(F)C2=O)c1. The lowest BCUT2D eigenvalue weighted by Crippen LogP contribution is -2.62. The first-order valence-electron chi connectivity index (χ1n) is 4.92. The van der Waals surface area contributed by atoms with Crippen LogP contribution in [0.5, 0.6) is 5.75 Å². The van der Waals surface area contributed by atoms with E-state index in [0.717, 1.165) is 4.90 Å². The van der Waals surface area contributed by atoms with Gasteiger partial charge in [0.25, 0.3) is 5.91 Å². The van der Waals surface area contributed by atoms with E-state index in [1.807, 2.05) is 0 Å². The second kappa shape index (κ2) is 3.94. The van der Waals surface area contributed by atoms with Crippen LogP contribution in [0.1, 0.15) is 5.56 Å². The van der Waals surface area contributed by atoms with Crippen LogP contribution in [0.3, 0.4) is 0 Å². The minimum absolute atomic E-state index is 0.141. The van der Waals surface area contributed by atoms with Gasteiger partial charge >= 0.3 is 5.92 Å². The fourth-order valence-corrected chi connectivity index (χ4v) is 1.67. The van der Waals surface area contributed by atoms with E-state index < -0.39 is 25.0 Å². The number of carbonyl (C=O) groups is 1. The molecule has 1 aliphatic heterocycles. The molecule has 0 radical (unpaired) electrons. The normalized spacial score (nSPS) is 17.9. The molecule has 0 atom stereocenters. The summed E-state index contributed by atoms with van der Waals surface area (Å²) in [5.41, 5.74) is 0.331. The summed E-state index contributed by atoms with van der Waals surface area (Å²) < 4.78 is 43.1. The summed E-state index contributed by atoms with van der Waals surface area (Å²) in [4.78, 5) is 12.0. The van der Waals surface area contributed by atoms with Gasteiger partial charge in [0.1, 0.15) is 12.4 Å². The summed E-state index contributed by atoms with van der Waals surface area (Å²) >= 11 is 0. The second-order valence-corrected chi connectivity index (χ2v) is 3.72. The lowest BCUT2D eigenvalue weighted by Gasteiger charge is -2.38. The molecular formula is C11H10F3NO2. The van der Waals surface area contributed by atoms with Gasteiger partial charge in [-0.15, -0.1) is 0 Å². The molecule has 1 amide bonds. The zero-order valence-electron chi connectivity index (χ0n) is 9.04. The van der Waals surface area contributed by atoms with Crippen molar-refractivity contribution in [2.24, 2.45) is 0 Å². The van der Waals surface area contributed by atoms with Crippen molar-refractivity contribution in [1.82, 2.24) is 0 Å². The molecule has 0 bridgehead atoms. The molecular weight excluding hydrogens is 235 g/mol. The highest BCUT2D eigenvalue weighted by atomic mass is 19.3. The van der Waals surface area contributed by atoms with Crippen molar-refractivity contribution in [3.05, 3.63) is 23.8 Å². The first-order chi connectivity index (χ1) is 7.99. The van der Waals surface area contributed by atoms with Crippen LogP contribution in [0.4, 0.5) is 18.9 Å². The number of rotatable bonds is 3. The number of halogens is 3. The molecule has 0 aromatic heterocycles. The van der Waals surface area contributed by atoms with Crippen LogP contribution in [0.15, 0.2) is 18.2 Å². The lowest BCUT2D eigenvalue weighted by atomic mass is 10.0. The second-order valence-electron chi connectivity index (χ2n) is 3.72. The Hall–Kier alpha value is -1.72. The third kappa shape index (κ3) is 1.83. The summed E-state index contributed by atoms with van der Waals surface area (Å²) in [6.07, 6.45) is 0. The monoisotopic (exact) mass is 245 g/mol. The van der Waals surface area contributed by atoms with Crippen LogP contribution in [-0.4, -0.2) is 25.5 Å². The Morgan fingerprint density at radius 1 is 1.47 bits per heavy atom. The number of nitrogens with zero attached hydrogens (tertiary/aromatic N) is 1. The van der Waals surface area contributed by atoms with Gasteiger partial charge in [0.2, 0.25) is 0 Å². The number of hydrogen-bond donors (Lipinski definition) is 0. The first kappa shape index (κ1) is 11.8. The Bertz CT molecular complexity index is 462. The number of carbonyl (C=O) groups excluding carboxylic acids is 1. The summed E-state index contributed by atoms with van der Waals surface area (Å²) in [5, 5.41) is 0. The van der Waals surface area contributed by atoms with Crippen molar-refractivity contribution in [3.63, 3.8) is 0 Å². The molecule has 17 heavy (non-hydrogen) atoms. The number of alkyl halides is 3. The minimum Gasteiger partial charge on any atom is -0.497 e. The van der Waals surface area contributed by atoms with Gasteiger partial charge in [-0.1, -0.05) is 6.07 Å². The molecule has 3 nitrogen and oxygen atoms in total. The summed E-state index contributed by atoms with van der Waals surface area (Å²) in [6, 6.07) is 4.31. The molecule has 0 aliphatic carbocycles. The highest BCUT2D eigenvalue weighted by Crippen LogP contribution is 2.37. The number of β-lactam (4-membered cyclic amide) rings is 1. The fraction of sp³-hybridized carbons (Fsp3) is 0.364. The third-order valence-electron chi connectivity index (χ3n) is 2.64. The van der Waals surface area contributed by atoms with Gasteiger partial charge in [0.05, 0.1) is 19.3 Å². The molecule has 92 valence electrons. The molecule has 6 heteroatoms. The zero-order valence-corrected chi connectivity index (χ0v) is 9.04. The van der Waals surface area contributed by atoms with Crippen molar-refractivity contribution in [3.8, 4) is 5.75 Å². The van der Waals surface area contributed by atoms with Gasteiger partial charge in [-0.05, 0) is 6.07 Å². The Balaban J connectivity index is 2.35. The molecule has 1 saturated heterocycles. The molecule has 0 N–H and O–H groups in total. The van der Waals surface area contributed by atoms with E-state index in [0.29, 0.717) is 5.75 Å². The smallest absolute Gasteiger partial charge is 0.342 e. The zero-order chi connectivity index (χ0) is 12.6. The molecule has 1 aliphatic rings. The van der Waals surface area contributed by atoms with Crippen molar-refractivity contribution in [2.75, 3.05) is 18.6 Å². The van der Waals surface area contributed by atoms with Crippen molar-refractivity contribution in [1.29, 1.82) is 0 Å². The Morgan fingerprint density at radius 2 is 2.18 bits per heavy atom. The molecule has 2 rings (SSSR count). The molecule has 0 unspecified atom stereocenters. The molecule has 1 aromatic carbocycles. The van der Waals surface area contributed by atoms with Crippen LogP contribution >= 0.6 is 0 Å². The molecule has 1 heterocycles. The van der Waals surface area contributed by atoms with Crippen molar-refractivity contribution in [2.45, 2.75) is 12.6 Å². The Morgan fingerprint density at radius 3 is 2.65 bits per heavy atom. The van der Waals surface area contributed by atoms with E-state index in [9.17, 15) is 18.0 Å². The lowest BCUT2D eigenvalue weighted by molar-refractivity contribution is -0.152. The standard InChI is InChI=1S/C11H10F3NO2/c1-17-8-3-2-7(5-12)9(4-8)15-6-11(13,14)10(15)16/h2-4H,5-6H2,1H3. The van der Waals surface area contributed by atoms with Crippen molar-refractivity contribution >= 4 is 11.6 Å². The summed E-state index contributed by atoms with van der Waals surface area (Å²) in [5.74, 6) is -4.25. The molecule has 1 fully saturated rings. The van der Waals surface area contributed by atoms with Gasteiger partial charge in [-0.3, -0.25) is 9.69 Å². The largest absolute Gasteiger partial charge is 0.497 e. The van der Waals surface area contributed by atoms with Gasteiger partial charge in [0, 0.05) is 11.6 Å². The first-order valence-corrected chi connectivity index (χ1v) is 4.92. The topological polar surface area (TPSA) is 29.5 Å². The highest BCUT2D eigenvalue weighted by Gasteiger charge is 2.55. The highest BCUT2D eigenvalue weighted by molar-refractivity contribution is 6.06. The minimum atomic E-state index is -3.34. The van der Waals surface area contributed by atoms with E-state index in [4.69, 9.17) is 4.74 Å². The quantitative estimate of drug-likeness (QED) is 0.763. The summed E-state index contributed by atoms with van der Waals surface area (Å²) in [7, 11) is 1.40. The van der Waals surface area contributed by atoms with E-state index >= 15 is 0 Å². The van der Waals surface area contributed by atoms with Gasteiger partial charge in [-0.25, -0.2) is 4.39 Å². The van der Waals surface area contributed by atoms with Gasteiger partial charge in [-0.2, -0.15) is 8.78 Å². The third-order valence-corrected chi connectivity index (χ3v) is 2.64. The van der Waals surface area contributed by atoms with E-state index in [-0.39, 0.29) is 11.3 Å². The van der Waals surface area contributed by atoms with Crippen LogP contribution in [0.2, 0.25) is 0 Å². The number of amides is 1. The molecule has 1 aromatic rings. The van der Waals surface area contributed by atoms with E-state index in [1.165, 1.54) is 25.3 Å². The molecule has 0 spiro atoms. The van der Waals surface area contributed by atoms with Gasteiger partial charge in [0.15, 0.2) is 0 Å². The van der Waals surface area contributed by atoms with Crippen LogP contribution in [0, 0.1) is 0 Å². The fourth-order valence-electron chi connectivity index (χ4n) is 1.67. The predicted molar refractivity (Wildman–Crippen MR) is 55.1 cm³/mol. The Labute approximate surface area is 95.8 Å². The molecule has 0 saturated carbocycles. The number of anilines is 1. The number of ether oxygens (including phenoxy) is 1. The maximum absolute atomic E-state index is 12.8. The number of methoxy groups -OCH3 is 1. The maximum Gasteiger partial charge on any atom is 0.342 e. The van der Waals surface area contributed by atoms with E-state index in [1.54, 1.807) is 0 Å². The Kier molecular flexibility index (Phi) is 2.73. The maximum atomic E-state index is 12.8. The average Bonchev–Trinajstić information content (AvgIpc) is 2.35. The predicted octanol–water partition coefficient (Wildman–Crippen LogP) is 2.15. The van der Waals surface area contributed by atoms with Crippen LogP contribution in [0.25, 0.3) is 0 Å². The van der Waals surface area contributed by atoms with E-state index in [2.05, 4.69) is 0 Å². The number of benzene rings is 1. The van der Waals surface area contributed by atoms with Crippen molar-refractivity contribution < 1.29 is 22.7 Å². The summed E-state index contributed by atoms with van der Waals surface area (Å²) in [6.45, 7) is -1.54. The van der Waals surface area contributed by atoms with Gasteiger partial charge < -0.3 is 4.74 Å². The number of hydrogen-bond acceptors (Lipinski definition) is 2.